The van der Waals surface area contributed by atoms with Crippen LogP contribution in [0.2, 0.25) is 0 Å². The van der Waals surface area contributed by atoms with Crippen LogP contribution in [-0.4, -0.2) is 16.5 Å². The highest BCUT2D eigenvalue weighted by molar-refractivity contribution is 5.10. The lowest BCUT2D eigenvalue weighted by atomic mass is 10.1. The average Bonchev–Trinajstić information content (AvgIpc) is 2.58. The zero-order valence-electron chi connectivity index (χ0n) is 6.33. The molecule has 2 heterocycles. The molecule has 0 spiro atoms. The first-order chi connectivity index (χ1) is 5.47. The molecule has 2 rings (SSSR count). The molecule has 0 unspecified atom stereocenters. The lowest BCUT2D eigenvalue weighted by Crippen LogP contribution is -2.12. The van der Waals surface area contributed by atoms with E-state index in [-0.39, 0.29) is 0 Å². The summed E-state index contributed by atoms with van der Waals surface area (Å²) in [5.41, 5.74) is 1.21. The zero-order chi connectivity index (χ0) is 7.52. The van der Waals surface area contributed by atoms with Gasteiger partial charge in [0.25, 0.3) is 0 Å². The van der Waals surface area contributed by atoms with Crippen LogP contribution in [0.5, 0.6) is 0 Å². The average molecular weight is 149 g/mol. The van der Waals surface area contributed by atoms with Gasteiger partial charge in [0.15, 0.2) is 0 Å². The quantitative estimate of drug-likeness (QED) is 0.644. The molecule has 1 aromatic rings. The molecule has 1 fully saturated rings. The van der Waals surface area contributed by atoms with Gasteiger partial charge in [0.1, 0.15) is 6.33 Å². The highest BCUT2D eigenvalue weighted by Crippen LogP contribution is 2.20. The molecule has 3 nitrogen and oxygen atoms in total. The topological polar surface area (TPSA) is 37.8 Å². The van der Waals surface area contributed by atoms with E-state index in [1.807, 2.05) is 12.4 Å². The van der Waals surface area contributed by atoms with Crippen LogP contribution < -0.4 is 5.32 Å². The fourth-order valence-corrected chi connectivity index (χ4v) is 1.46. The summed E-state index contributed by atoms with van der Waals surface area (Å²) < 4.78 is 0. The summed E-state index contributed by atoms with van der Waals surface area (Å²) in [6, 6.07) is 0.496. The van der Waals surface area contributed by atoms with Crippen LogP contribution in [0.1, 0.15) is 24.4 Å². The lowest BCUT2D eigenvalue weighted by molar-refractivity contribution is 0.641. The Kier molecular flexibility index (Phi) is 1.81. The monoisotopic (exact) mass is 149 g/mol. The molecule has 1 aromatic heterocycles. The van der Waals surface area contributed by atoms with Gasteiger partial charge < -0.3 is 5.32 Å². The van der Waals surface area contributed by atoms with Crippen molar-refractivity contribution >= 4 is 0 Å². The van der Waals surface area contributed by atoms with Crippen molar-refractivity contribution in [3.05, 3.63) is 24.3 Å². The van der Waals surface area contributed by atoms with Gasteiger partial charge in [0.05, 0.1) is 0 Å². The minimum atomic E-state index is 0.496. The van der Waals surface area contributed by atoms with Crippen molar-refractivity contribution in [2.45, 2.75) is 18.9 Å². The Labute approximate surface area is 65.9 Å². The molecule has 0 aromatic carbocycles. The van der Waals surface area contributed by atoms with E-state index >= 15 is 0 Å². The van der Waals surface area contributed by atoms with Crippen LogP contribution in [0.3, 0.4) is 0 Å². The Morgan fingerprint density at radius 3 is 2.82 bits per heavy atom. The van der Waals surface area contributed by atoms with Crippen molar-refractivity contribution in [2.24, 2.45) is 0 Å². The number of hydrogen-bond acceptors (Lipinski definition) is 3. The largest absolute Gasteiger partial charge is 0.310 e. The zero-order valence-corrected chi connectivity index (χ0v) is 6.33. The SMILES string of the molecule is c1ncc([C@@H]2CCCN2)cn1. The molecule has 1 aliphatic heterocycles. The van der Waals surface area contributed by atoms with Crippen molar-refractivity contribution in [3.63, 3.8) is 0 Å². The fourth-order valence-electron chi connectivity index (χ4n) is 1.46. The second kappa shape index (κ2) is 2.96. The summed E-state index contributed by atoms with van der Waals surface area (Å²) >= 11 is 0. The van der Waals surface area contributed by atoms with Gasteiger partial charge >= 0.3 is 0 Å². The molecule has 1 N–H and O–H groups in total. The number of nitrogens with one attached hydrogen (secondary N) is 1. The normalized spacial score (nSPS) is 23.8. The number of hydrogen-bond donors (Lipinski definition) is 1. The smallest absolute Gasteiger partial charge is 0.115 e. The van der Waals surface area contributed by atoms with E-state index in [0.29, 0.717) is 6.04 Å². The first-order valence-electron chi connectivity index (χ1n) is 3.95. The van der Waals surface area contributed by atoms with Crippen LogP contribution in [0, 0.1) is 0 Å². The molecule has 1 atom stereocenters. The second-order valence-electron chi connectivity index (χ2n) is 2.82. The van der Waals surface area contributed by atoms with Crippen LogP contribution in [-0.2, 0) is 0 Å². The molecule has 0 saturated carbocycles. The third-order valence-corrected chi connectivity index (χ3v) is 2.04. The van der Waals surface area contributed by atoms with Crippen LogP contribution in [0.4, 0.5) is 0 Å². The van der Waals surface area contributed by atoms with E-state index in [0.717, 1.165) is 6.54 Å². The molecule has 1 aliphatic rings. The maximum absolute atomic E-state index is 3.98. The van der Waals surface area contributed by atoms with E-state index in [1.54, 1.807) is 6.33 Å². The van der Waals surface area contributed by atoms with Crippen LogP contribution >= 0.6 is 0 Å². The summed E-state index contributed by atoms with van der Waals surface area (Å²) in [5.74, 6) is 0. The minimum Gasteiger partial charge on any atom is -0.310 e. The van der Waals surface area contributed by atoms with Crippen molar-refractivity contribution < 1.29 is 0 Å². The first-order valence-corrected chi connectivity index (χ1v) is 3.95. The van der Waals surface area contributed by atoms with E-state index in [9.17, 15) is 0 Å². The number of rotatable bonds is 1. The summed E-state index contributed by atoms with van der Waals surface area (Å²) in [7, 11) is 0. The number of nitrogens with zero attached hydrogens (tertiary/aromatic N) is 2. The molecule has 0 bridgehead atoms. The van der Waals surface area contributed by atoms with Gasteiger partial charge in [-0.1, -0.05) is 0 Å². The Bertz CT molecular complexity index is 216. The van der Waals surface area contributed by atoms with Gasteiger partial charge in [-0.3, -0.25) is 0 Å². The van der Waals surface area contributed by atoms with Crippen LogP contribution in [0.15, 0.2) is 18.7 Å². The predicted molar refractivity (Wildman–Crippen MR) is 42.0 cm³/mol. The summed E-state index contributed by atoms with van der Waals surface area (Å²) in [6.45, 7) is 1.12. The molecule has 1 saturated heterocycles. The maximum atomic E-state index is 3.98. The minimum absolute atomic E-state index is 0.496. The molecule has 3 heteroatoms. The van der Waals surface area contributed by atoms with Crippen molar-refractivity contribution in [2.75, 3.05) is 6.54 Å². The Hall–Kier alpha value is -0.960. The van der Waals surface area contributed by atoms with Crippen LogP contribution in [0.25, 0.3) is 0 Å². The van der Waals surface area contributed by atoms with Crippen molar-refractivity contribution in [3.8, 4) is 0 Å². The summed E-state index contributed by atoms with van der Waals surface area (Å²) in [5, 5.41) is 3.39. The maximum Gasteiger partial charge on any atom is 0.115 e. The van der Waals surface area contributed by atoms with Crippen molar-refractivity contribution in [1.29, 1.82) is 0 Å². The molecular formula is C8H11N3. The molecule has 58 valence electrons. The van der Waals surface area contributed by atoms with Gasteiger partial charge in [0.2, 0.25) is 0 Å². The number of aromatic nitrogens is 2. The van der Waals surface area contributed by atoms with E-state index in [4.69, 9.17) is 0 Å². The van der Waals surface area contributed by atoms with Gasteiger partial charge in [-0.05, 0) is 19.4 Å². The van der Waals surface area contributed by atoms with E-state index < -0.39 is 0 Å². The molecule has 11 heavy (non-hydrogen) atoms. The summed E-state index contributed by atoms with van der Waals surface area (Å²) in [6.07, 6.45) is 7.82. The third kappa shape index (κ3) is 1.38. The molecular weight excluding hydrogens is 138 g/mol. The van der Waals surface area contributed by atoms with E-state index in [1.165, 1.54) is 18.4 Å². The molecule has 0 aliphatic carbocycles. The lowest BCUT2D eigenvalue weighted by Gasteiger charge is -2.07. The summed E-state index contributed by atoms with van der Waals surface area (Å²) in [4.78, 5) is 7.96. The Balaban J connectivity index is 2.16. The molecule has 0 radical (unpaired) electrons. The van der Waals surface area contributed by atoms with E-state index in [2.05, 4.69) is 15.3 Å². The van der Waals surface area contributed by atoms with Gasteiger partial charge in [0, 0.05) is 24.0 Å². The predicted octanol–water partition coefficient (Wildman–Crippen LogP) is 0.901. The fraction of sp³-hybridized carbons (Fsp3) is 0.500. The Morgan fingerprint density at radius 1 is 1.36 bits per heavy atom. The Morgan fingerprint density at radius 2 is 2.18 bits per heavy atom. The first kappa shape index (κ1) is 6.73. The highest BCUT2D eigenvalue weighted by atomic mass is 14.9. The second-order valence-corrected chi connectivity index (χ2v) is 2.82. The molecule has 0 amide bonds. The van der Waals surface area contributed by atoms with Gasteiger partial charge in [-0.15, -0.1) is 0 Å². The third-order valence-electron chi connectivity index (χ3n) is 2.04. The standard InChI is InChI=1S/C8H11N3/c1-2-8(11-3-1)7-4-9-6-10-5-7/h4-6,8,11H,1-3H2/t8-/m0/s1. The van der Waals surface area contributed by atoms with Gasteiger partial charge in [-0.25, -0.2) is 9.97 Å². The highest BCUT2D eigenvalue weighted by Gasteiger charge is 2.15. The van der Waals surface area contributed by atoms with Gasteiger partial charge in [-0.2, -0.15) is 0 Å². The van der Waals surface area contributed by atoms with Crippen molar-refractivity contribution in [1.82, 2.24) is 15.3 Å².